The van der Waals surface area contributed by atoms with Crippen LogP contribution in [0.4, 0.5) is 4.79 Å². The number of likely N-dealkylation sites (tertiary alicyclic amines) is 1. The normalized spacial score (nSPS) is 25.5. The van der Waals surface area contributed by atoms with Gasteiger partial charge in [-0.05, 0) is 56.2 Å². The molecule has 3 saturated heterocycles. The van der Waals surface area contributed by atoms with Gasteiger partial charge >= 0.3 is 6.03 Å². The molecule has 0 aromatic heterocycles. The molecule has 0 spiro atoms. The van der Waals surface area contributed by atoms with Crippen LogP contribution in [0.5, 0.6) is 5.75 Å². The van der Waals surface area contributed by atoms with E-state index in [0.717, 1.165) is 19.3 Å². The number of ether oxygens (including phenoxy) is 2. The third kappa shape index (κ3) is 4.82. The van der Waals surface area contributed by atoms with E-state index in [9.17, 15) is 14.4 Å². The number of nitrogens with zero attached hydrogens (tertiary/aromatic N) is 2. The molecule has 2 atom stereocenters. The fourth-order valence-corrected chi connectivity index (χ4v) is 5.48. The van der Waals surface area contributed by atoms with Crippen LogP contribution in [-0.4, -0.2) is 72.1 Å². The van der Waals surface area contributed by atoms with Gasteiger partial charge in [0.15, 0.2) is 0 Å². The fourth-order valence-electron chi connectivity index (χ4n) is 5.48. The number of urea groups is 1. The minimum atomic E-state index is -0.891. The van der Waals surface area contributed by atoms with E-state index in [0.29, 0.717) is 63.4 Å². The van der Waals surface area contributed by atoms with Gasteiger partial charge in [0, 0.05) is 25.3 Å². The zero-order valence-corrected chi connectivity index (χ0v) is 20.0. The summed E-state index contributed by atoms with van der Waals surface area (Å²) in [4.78, 5) is 42.7. The number of hydrogen-bond acceptors (Lipinski definition) is 5. The Balaban J connectivity index is 1.42. The molecule has 4 amide bonds. The third-order valence-electron chi connectivity index (χ3n) is 7.18. The summed E-state index contributed by atoms with van der Waals surface area (Å²) in [6.45, 7) is 8.15. The first-order valence-electron chi connectivity index (χ1n) is 12.4. The Morgan fingerprint density at radius 3 is 2.76 bits per heavy atom. The van der Waals surface area contributed by atoms with Crippen molar-refractivity contribution in [3.8, 4) is 5.75 Å². The van der Waals surface area contributed by atoms with Crippen molar-refractivity contribution >= 4 is 17.8 Å². The van der Waals surface area contributed by atoms with Crippen molar-refractivity contribution in [2.75, 3.05) is 32.8 Å². The summed E-state index contributed by atoms with van der Waals surface area (Å²) >= 11 is 0. The predicted octanol–water partition coefficient (Wildman–Crippen LogP) is 3.37. The average molecular weight is 470 g/mol. The van der Waals surface area contributed by atoms with Crippen LogP contribution in [0.2, 0.25) is 0 Å². The summed E-state index contributed by atoms with van der Waals surface area (Å²) in [5.41, 5.74) is -0.311. The van der Waals surface area contributed by atoms with E-state index in [4.69, 9.17) is 9.47 Å². The van der Waals surface area contributed by atoms with Crippen molar-refractivity contribution < 1.29 is 23.9 Å². The third-order valence-corrected chi connectivity index (χ3v) is 7.18. The van der Waals surface area contributed by atoms with E-state index < -0.39 is 5.54 Å². The van der Waals surface area contributed by atoms with Crippen molar-refractivity contribution in [1.82, 2.24) is 15.1 Å². The molecular formula is C26H35N3O5. The van der Waals surface area contributed by atoms with Gasteiger partial charge in [0.25, 0.3) is 11.8 Å². The Hall–Kier alpha value is -2.87. The van der Waals surface area contributed by atoms with Crippen molar-refractivity contribution in [3.05, 3.63) is 42.5 Å². The highest BCUT2D eigenvalue weighted by molar-refractivity contribution is 6.07. The molecule has 3 fully saturated rings. The smallest absolute Gasteiger partial charge is 0.325 e. The molecule has 4 rings (SSSR count). The second-order valence-electron chi connectivity index (χ2n) is 9.40. The number of carbonyl (C=O) groups is 3. The molecule has 0 unspecified atom stereocenters. The van der Waals surface area contributed by atoms with Crippen LogP contribution in [0, 0.1) is 5.92 Å². The topological polar surface area (TPSA) is 88.2 Å². The van der Waals surface area contributed by atoms with E-state index >= 15 is 0 Å². The highest BCUT2D eigenvalue weighted by Gasteiger charge is 2.55. The average Bonchev–Trinajstić information content (AvgIpc) is 3.46. The van der Waals surface area contributed by atoms with Crippen LogP contribution in [0.25, 0.3) is 0 Å². The van der Waals surface area contributed by atoms with Crippen molar-refractivity contribution in [2.24, 2.45) is 5.92 Å². The summed E-state index contributed by atoms with van der Waals surface area (Å²) in [6.07, 6.45) is 6.14. The number of piperidine rings is 1. The molecule has 3 heterocycles. The van der Waals surface area contributed by atoms with E-state index in [1.165, 1.54) is 4.90 Å². The van der Waals surface area contributed by atoms with E-state index in [1.54, 1.807) is 18.2 Å². The predicted molar refractivity (Wildman–Crippen MR) is 128 cm³/mol. The minimum Gasteiger partial charge on any atom is -0.490 e. The van der Waals surface area contributed by atoms with Crippen LogP contribution < -0.4 is 10.1 Å². The molecule has 3 aliphatic rings. The molecule has 34 heavy (non-hydrogen) atoms. The lowest BCUT2D eigenvalue weighted by Crippen LogP contribution is -2.56. The Bertz CT molecular complexity index is 921. The minimum absolute atomic E-state index is 0.00953. The maximum Gasteiger partial charge on any atom is 0.325 e. The number of rotatable bonds is 9. The summed E-state index contributed by atoms with van der Waals surface area (Å²) in [6, 6.07) is 6.85. The van der Waals surface area contributed by atoms with Crippen LogP contribution in [0.3, 0.4) is 0 Å². The van der Waals surface area contributed by atoms with Crippen LogP contribution >= 0.6 is 0 Å². The van der Waals surface area contributed by atoms with Crippen LogP contribution in [-0.2, 0) is 9.53 Å². The fraction of sp³-hybridized carbons (Fsp3) is 0.577. The number of carbonyl (C=O) groups excluding carboxylic acids is 3. The second-order valence-corrected chi connectivity index (χ2v) is 9.40. The molecule has 1 aromatic rings. The molecule has 0 radical (unpaired) electrons. The molecule has 8 nitrogen and oxygen atoms in total. The number of hydrogen-bond donors (Lipinski definition) is 1. The standard InChI is InChI=1S/C26H35N3O5/c1-3-12-26(24(31)29(25(32)27-26)18-22-9-6-16-34-22)20-10-13-28(14-11-20)23(30)19-7-5-8-21(17-19)33-15-4-2/h4-5,7-8,17,20,22H,2-3,6,9-16,18H2,1H3,(H,27,32)/t22-,26-/m0/s1. The lowest BCUT2D eigenvalue weighted by Gasteiger charge is -2.41. The van der Waals surface area contributed by atoms with Gasteiger partial charge < -0.3 is 19.7 Å². The highest BCUT2D eigenvalue weighted by atomic mass is 16.5. The monoisotopic (exact) mass is 469 g/mol. The Morgan fingerprint density at radius 1 is 1.29 bits per heavy atom. The maximum absolute atomic E-state index is 13.6. The molecule has 0 bridgehead atoms. The lowest BCUT2D eigenvalue weighted by atomic mass is 9.74. The van der Waals surface area contributed by atoms with Gasteiger partial charge in [0.05, 0.1) is 12.6 Å². The molecule has 1 N–H and O–H groups in total. The van der Waals surface area contributed by atoms with Gasteiger partial charge in [-0.2, -0.15) is 0 Å². The van der Waals surface area contributed by atoms with E-state index in [-0.39, 0.29) is 29.9 Å². The van der Waals surface area contributed by atoms with Crippen molar-refractivity contribution in [1.29, 1.82) is 0 Å². The summed E-state index contributed by atoms with van der Waals surface area (Å²) < 4.78 is 11.2. The number of amides is 4. The van der Waals surface area contributed by atoms with Crippen LogP contribution in [0.1, 0.15) is 55.8 Å². The SMILES string of the molecule is C=CCOc1cccc(C(=O)N2CCC([C@]3(CCC)NC(=O)N(C[C@@H]4CCCO4)C3=O)CC2)c1. The van der Waals surface area contributed by atoms with Crippen LogP contribution in [0.15, 0.2) is 36.9 Å². The van der Waals surface area contributed by atoms with E-state index in [2.05, 4.69) is 11.9 Å². The molecule has 8 heteroatoms. The van der Waals surface area contributed by atoms with Gasteiger partial charge in [-0.1, -0.05) is 32.1 Å². The van der Waals surface area contributed by atoms with Gasteiger partial charge in [0.1, 0.15) is 17.9 Å². The number of nitrogens with one attached hydrogen (secondary N) is 1. The number of benzene rings is 1. The first kappa shape index (κ1) is 24.3. The van der Waals surface area contributed by atoms with Crippen molar-refractivity contribution in [3.63, 3.8) is 0 Å². The zero-order valence-electron chi connectivity index (χ0n) is 20.0. The van der Waals surface area contributed by atoms with Gasteiger partial charge in [-0.15, -0.1) is 0 Å². The Morgan fingerprint density at radius 2 is 2.09 bits per heavy atom. The molecule has 1 aromatic carbocycles. The molecule has 0 aliphatic carbocycles. The second kappa shape index (κ2) is 10.6. The summed E-state index contributed by atoms with van der Waals surface area (Å²) in [5.74, 6) is 0.443. The molecule has 0 saturated carbocycles. The summed E-state index contributed by atoms with van der Waals surface area (Å²) in [7, 11) is 0. The number of imide groups is 1. The maximum atomic E-state index is 13.6. The largest absolute Gasteiger partial charge is 0.490 e. The molecule has 3 aliphatic heterocycles. The van der Waals surface area contributed by atoms with Gasteiger partial charge in [-0.3, -0.25) is 14.5 Å². The first-order valence-corrected chi connectivity index (χ1v) is 12.4. The molecular weight excluding hydrogens is 434 g/mol. The quantitative estimate of drug-likeness (QED) is 0.443. The zero-order chi connectivity index (χ0) is 24.1. The van der Waals surface area contributed by atoms with Crippen molar-refractivity contribution in [2.45, 2.75) is 57.1 Å². The lowest BCUT2D eigenvalue weighted by molar-refractivity contribution is -0.135. The first-order chi connectivity index (χ1) is 16.5. The van der Waals surface area contributed by atoms with Gasteiger partial charge in [0.2, 0.25) is 0 Å². The van der Waals surface area contributed by atoms with E-state index in [1.807, 2.05) is 24.0 Å². The Labute approximate surface area is 201 Å². The van der Waals surface area contributed by atoms with Gasteiger partial charge in [-0.25, -0.2) is 4.79 Å². The Kier molecular flexibility index (Phi) is 7.56. The highest BCUT2D eigenvalue weighted by Crippen LogP contribution is 2.38. The summed E-state index contributed by atoms with van der Waals surface area (Å²) in [5, 5.41) is 3.07. The molecule has 184 valence electrons.